The van der Waals surface area contributed by atoms with E-state index in [1.807, 2.05) is 38.1 Å². The third-order valence-corrected chi connectivity index (χ3v) is 3.39. The number of rotatable bonds is 6. The van der Waals surface area contributed by atoms with Gasteiger partial charge in [-0.2, -0.15) is 0 Å². The Morgan fingerprint density at radius 3 is 2.38 bits per heavy atom. The summed E-state index contributed by atoms with van der Waals surface area (Å²) in [4.78, 5) is 0. The van der Waals surface area contributed by atoms with Crippen LogP contribution >= 0.6 is 0 Å². The first-order valence-corrected chi connectivity index (χ1v) is 8.90. The molecule has 2 rings (SSSR count). The summed E-state index contributed by atoms with van der Waals surface area (Å²) in [7, 11) is 0. The molecule has 1 atom stereocenters. The molecule has 0 aliphatic heterocycles. The zero-order valence-corrected chi connectivity index (χ0v) is 17.7. The van der Waals surface area contributed by atoms with E-state index in [2.05, 4.69) is 68.1 Å². The first kappa shape index (κ1) is 26.4. The monoisotopic (exact) mass is 386 g/mol. The fourth-order valence-corrected chi connectivity index (χ4v) is 2.19. The molecule has 1 aromatic rings. The van der Waals surface area contributed by atoms with Crippen LogP contribution in [0, 0.1) is 0 Å². The maximum absolute atomic E-state index is 3.94. The SMILES string of the molecule is C=C/C=c1/cc(CC=C)ccc1=C.C=CCNC1C=CC=CC1.CC.[V]. The van der Waals surface area contributed by atoms with Crippen molar-refractivity contribution in [2.75, 3.05) is 6.54 Å². The van der Waals surface area contributed by atoms with Crippen LogP contribution in [-0.2, 0) is 25.0 Å². The van der Waals surface area contributed by atoms with E-state index >= 15 is 0 Å². The smallest absolute Gasteiger partial charge is 0.0290 e. The van der Waals surface area contributed by atoms with Gasteiger partial charge in [0.2, 0.25) is 0 Å². The molecule has 1 N–H and O–H groups in total. The van der Waals surface area contributed by atoms with E-state index < -0.39 is 0 Å². The molecule has 1 radical (unpaired) electrons. The summed E-state index contributed by atoms with van der Waals surface area (Å²) in [6.45, 7) is 19.8. The summed E-state index contributed by atoms with van der Waals surface area (Å²) in [6.07, 6.45) is 18.0. The Bertz CT molecular complexity index is 683. The third kappa shape index (κ3) is 11.7. The largest absolute Gasteiger partial charge is 0.307 e. The van der Waals surface area contributed by atoms with Crippen molar-refractivity contribution in [2.45, 2.75) is 32.7 Å². The summed E-state index contributed by atoms with van der Waals surface area (Å²) >= 11 is 0. The van der Waals surface area contributed by atoms with Crippen molar-refractivity contribution in [3.8, 4) is 0 Å². The second-order valence-corrected chi connectivity index (χ2v) is 5.28. The van der Waals surface area contributed by atoms with Gasteiger partial charge < -0.3 is 5.32 Å². The first-order chi connectivity index (χ1) is 12.2. The Hall–Kier alpha value is -1.80. The quantitative estimate of drug-likeness (QED) is 0.712. The molecule has 0 saturated heterocycles. The Labute approximate surface area is 172 Å². The molecule has 1 nitrogen and oxygen atoms in total. The normalized spacial score (nSPS) is 14.7. The predicted octanol–water partition coefficient (Wildman–Crippen LogP) is 4.46. The molecule has 1 aromatic carbocycles. The Balaban J connectivity index is 0. The standard InChI is InChI=1S/C13H14.C9H13N.C2H6.V/c1-4-6-12-9-8-11(3)13(10-12)7-5-2;1-2-8-10-9-6-4-3-5-7-9;1-2;/h4-5,7-10H,1-3,6H2;2-6,9-10H,1,7-8H2;1-2H3;/b13-7-;;;. The second-order valence-electron chi connectivity index (χ2n) is 5.28. The van der Waals surface area contributed by atoms with Gasteiger partial charge in [0.1, 0.15) is 0 Å². The summed E-state index contributed by atoms with van der Waals surface area (Å²) in [5.74, 6) is 0. The van der Waals surface area contributed by atoms with Gasteiger partial charge in [-0.15, -0.1) is 13.2 Å². The van der Waals surface area contributed by atoms with Gasteiger partial charge in [0.15, 0.2) is 0 Å². The second kappa shape index (κ2) is 18.0. The van der Waals surface area contributed by atoms with Gasteiger partial charge in [-0.05, 0) is 28.8 Å². The topological polar surface area (TPSA) is 12.0 Å². The molecule has 0 spiro atoms. The maximum Gasteiger partial charge on any atom is 0.0290 e. The van der Waals surface area contributed by atoms with Crippen LogP contribution in [0.15, 0.2) is 80.5 Å². The number of hydrogen-bond acceptors (Lipinski definition) is 1. The van der Waals surface area contributed by atoms with Crippen molar-refractivity contribution in [3.05, 3.63) is 96.5 Å². The molecule has 0 heterocycles. The molecule has 26 heavy (non-hydrogen) atoms. The summed E-state index contributed by atoms with van der Waals surface area (Å²) in [6, 6.07) is 6.73. The van der Waals surface area contributed by atoms with Crippen LogP contribution in [0.25, 0.3) is 12.7 Å². The number of nitrogens with one attached hydrogen (secondary N) is 1. The van der Waals surface area contributed by atoms with Gasteiger partial charge in [0, 0.05) is 31.1 Å². The van der Waals surface area contributed by atoms with E-state index in [-0.39, 0.29) is 18.6 Å². The molecule has 0 aromatic heterocycles. The molecular formula is C24H33NV. The van der Waals surface area contributed by atoms with Crippen molar-refractivity contribution in [1.82, 2.24) is 5.32 Å². The van der Waals surface area contributed by atoms with Crippen molar-refractivity contribution in [1.29, 1.82) is 0 Å². The fraction of sp³-hybridized carbons (Fsp3) is 0.250. The van der Waals surface area contributed by atoms with E-state index in [0.717, 1.165) is 29.8 Å². The average molecular weight is 386 g/mol. The predicted molar refractivity (Wildman–Crippen MR) is 116 cm³/mol. The molecule has 0 saturated carbocycles. The number of hydrogen-bond donors (Lipinski definition) is 1. The maximum atomic E-state index is 3.94. The molecule has 0 amide bonds. The summed E-state index contributed by atoms with van der Waals surface area (Å²) < 4.78 is 0. The van der Waals surface area contributed by atoms with Crippen LogP contribution in [0.5, 0.6) is 0 Å². The summed E-state index contributed by atoms with van der Waals surface area (Å²) in [5.41, 5.74) is 1.26. The molecule has 139 valence electrons. The van der Waals surface area contributed by atoms with E-state index in [0.29, 0.717) is 6.04 Å². The van der Waals surface area contributed by atoms with Crippen molar-refractivity contribution in [2.24, 2.45) is 0 Å². The van der Waals surface area contributed by atoms with Crippen LogP contribution in [0.3, 0.4) is 0 Å². The van der Waals surface area contributed by atoms with Gasteiger partial charge in [-0.1, -0.05) is 93.8 Å². The molecule has 1 unspecified atom stereocenters. The average Bonchev–Trinajstić information content (AvgIpc) is 2.66. The minimum absolute atomic E-state index is 0. The molecule has 0 bridgehead atoms. The molecule has 0 fully saturated rings. The fourth-order valence-electron chi connectivity index (χ4n) is 2.19. The van der Waals surface area contributed by atoms with E-state index in [1.165, 1.54) is 5.56 Å². The van der Waals surface area contributed by atoms with Crippen molar-refractivity contribution in [3.63, 3.8) is 0 Å². The number of benzene rings is 1. The van der Waals surface area contributed by atoms with E-state index in [4.69, 9.17) is 0 Å². The van der Waals surface area contributed by atoms with Crippen molar-refractivity contribution < 1.29 is 18.6 Å². The van der Waals surface area contributed by atoms with Gasteiger partial charge >= 0.3 is 0 Å². The zero-order valence-electron chi connectivity index (χ0n) is 16.3. The van der Waals surface area contributed by atoms with E-state index in [9.17, 15) is 0 Å². The van der Waals surface area contributed by atoms with Gasteiger partial charge in [0.25, 0.3) is 0 Å². The van der Waals surface area contributed by atoms with Crippen LogP contribution in [-0.4, -0.2) is 12.6 Å². The first-order valence-electron chi connectivity index (χ1n) is 8.90. The minimum atomic E-state index is 0. The number of allylic oxidation sites excluding steroid dienone is 4. The van der Waals surface area contributed by atoms with Gasteiger partial charge in [-0.25, -0.2) is 0 Å². The van der Waals surface area contributed by atoms with E-state index in [1.54, 1.807) is 6.08 Å². The molecule has 1 aliphatic rings. The Morgan fingerprint density at radius 1 is 1.12 bits per heavy atom. The van der Waals surface area contributed by atoms with Crippen LogP contribution < -0.4 is 15.8 Å². The minimum Gasteiger partial charge on any atom is -0.307 e. The molecule has 1 aliphatic carbocycles. The van der Waals surface area contributed by atoms with Crippen LogP contribution in [0.1, 0.15) is 25.8 Å². The van der Waals surface area contributed by atoms with Crippen molar-refractivity contribution >= 4 is 12.7 Å². The molecule has 2 heteroatoms. The van der Waals surface area contributed by atoms with Gasteiger partial charge in [0.05, 0.1) is 0 Å². The van der Waals surface area contributed by atoms with Crippen LogP contribution in [0.4, 0.5) is 0 Å². The van der Waals surface area contributed by atoms with Gasteiger partial charge in [-0.3, -0.25) is 0 Å². The molecular weight excluding hydrogens is 353 g/mol. The summed E-state index contributed by atoms with van der Waals surface area (Å²) in [5, 5.41) is 5.48. The Kier molecular flexibility index (Phi) is 18.3. The van der Waals surface area contributed by atoms with Crippen LogP contribution in [0.2, 0.25) is 0 Å². The Morgan fingerprint density at radius 2 is 1.85 bits per heavy atom. The third-order valence-electron chi connectivity index (χ3n) is 3.39. The zero-order chi connectivity index (χ0) is 18.9.